The van der Waals surface area contributed by atoms with Crippen LogP contribution in [0.4, 0.5) is 0 Å². The Morgan fingerprint density at radius 1 is 1.15 bits per heavy atom. The SMILES string of the molecule is COc1ccccc1CCc1nc2ccc(Br)cc2[nH]1. The Kier molecular flexibility index (Phi) is 3.74. The number of ether oxygens (including phenoxy) is 1. The molecule has 1 heterocycles. The van der Waals surface area contributed by atoms with Crippen molar-refractivity contribution in [2.75, 3.05) is 7.11 Å². The van der Waals surface area contributed by atoms with Gasteiger partial charge in [0.2, 0.25) is 0 Å². The molecule has 0 aliphatic rings. The van der Waals surface area contributed by atoms with Crippen molar-refractivity contribution >= 4 is 27.0 Å². The zero-order valence-corrected chi connectivity index (χ0v) is 12.8. The number of fused-ring (bicyclic) bond motifs is 1. The summed E-state index contributed by atoms with van der Waals surface area (Å²) in [7, 11) is 1.71. The van der Waals surface area contributed by atoms with Crippen molar-refractivity contribution in [2.24, 2.45) is 0 Å². The first kappa shape index (κ1) is 13.2. The molecule has 3 aromatic rings. The van der Waals surface area contributed by atoms with Gasteiger partial charge in [-0.3, -0.25) is 0 Å². The van der Waals surface area contributed by atoms with E-state index in [1.807, 2.05) is 30.3 Å². The van der Waals surface area contributed by atoms with Crippen molar-refractivity contribution < 1.29 is 4.74 Å². The number of hydrogen-bond acceptors (Lipinski definition) is 2. The van der Waals surface area contributed by atoms with Gasteiger partial charge in [-0.15, -0.1) is 0 Å². The minimum absolute atomic E-state index is 0.868. The van der Waals surface area contributed by atoms with Crippen LogP contribution in [-0.2, 0) is 12.8 Å². The molecule has 1 N–H and O–H groups in total. The molecule has 4 heteroatoms. The summed E-state index contributed by atoms with van der Waals surface area (Å²) in [6.45, 7) is 0. The van der Waals surface area contributed by atoms with Crippen LogP contribution in [0.5, 0.6) is 5.75 Å². The lowest BCUT2D eigenvalue weighted by Crippen LogP contribution is -1.96. The van der Waals surface area contributed by atoms with Gasteiger partial charge in [0.15, 0.2) is 0 Å². The quantitative estimate of drug-likeness (QED) is 0.781. The molecule has 0 amide bonds. The molecule has 0 aliphatic heterocycles. The monoisotopic (exact) mass is 330 g/mol. The molecule has 3 rings (SSSR count). The normalized spacial score (nSPS) is 10.9. The first-order valence-electron chi connectivity index (χ1n) is 6.52. The number of aromatic amines is 1. The van der Waals surface area contributed by atoms with E-state index in [9.17, 15) is 0 Å². The third kappa shape index (κ3) is 2.70. The first-order valence-corrected chi connectivity index (χ1v) is 7.31. The molecule has 3 nitrogen and oxygen atoms in total. The summed E-state index contributed by atoms with van der Waals surface area (Å²) in [5.74, 6) is 1.94. The molecule has 0 spiro atoms. The maximum Gasteiger partial charge on any atom is 0.122 e. The van der Waals surface area contributed by atoms with Crippen molar-refractivity contribution in [3.8, 4) is 5.75 Å². The second kappa shape index (κ2) is 5.67. The van der Waals surface area contributed by atoms with Crippen LogP contribution >= 0.6 is 15.9 Å². The minimum atomic E-state index is 0.868. The Hall–Kier alpha value is -1.81. The van der Waals surface area contributed by atoms with Gasteiger partial charge in [0.1, 0.15) is 11.6 Å². The zero-order chi connectivity index (χ0) is 13.9. The Morgan fingerprint density at radius 2 is 2.00 bits per heavy atom. The number of nitrogens with zero attached hydrogens (tertiary/aromatic N) is 1. The van der Waals surface area contributed by atoms with Crippen LogP contribution in [0.25, 0.3) is 11.0 Å². The molecule has 0 unspecified atom stereocenters. The minimum Gasteiger partial charge on any atom is -0.496 e. The number of H-pyrrole nitrogens is 1. The van der Waals surface area contributed by atoms with Crippen LogP contribution in [0, 0.1) is 0 Å². The number of nitrogens with one attached hydrogen (secondary N) is 1. The third-order valence-corrected chi connectivity index (χ3v) is 3.81. The molecule has 102 valence electrons. The van der Waals surface area contributed by atoms with Crippen LogP contribution < -0.4 is 4.74 Å². The molecule has 1 aromatic heterocycles. The number of benzene rings is 2. The fourth-order valence-corrected chi connectivity index (χ4v) is 2.68. The standard InChI is InChI=1S/C16H15BrN2O/c1-20-15-5-3-2-4-11(15)6-9-16-18-13-8-7-12(17)10-14(13)19-16/h2-5,7-8,10H,6,9H2,1H3,(H,18,19). The van der Waals surface area contributed by atoms with Gasteiger partial charge in [0, 0.05) is 10.9 Å². The van der Waals surface area contributed by atoms with E-state index in [1.54, 1.807) is 7.11 Å². The molecule has 20 heavy (non-hydrogen) atoms. The average Bonchev–Trinajstić information content (AvgIpc) is 2.87. The van der Waals surface area contributed by atoms with E-state index in [4.69, 9.17) is 4.74 Å². The van der Waals surface area contributed by atoms with Crippen molar-refractivity contribution in [1.29, 1.82) is 0 Å². The van der Waals surface area contributed by atoms with Crippen molar-refractivity contribution in [3.05, 3.63) is 58.3 Å². The predicted molar refractivity (Wildman–Crippen MR) is 84.2 cm³/mol. The molecule has 0 bridgehead atoms. The molecule has 0 aliphatic carbocycles. The highest BCUT2D eigenvalue weighted by molar-refractivity contribution is 9.10. The maximum atomic E-state index is 5.37. The van der Waals surface area contributed by atoms with Crippen molar-refractivity contribution in [2.45, 2.75) is 12.8 Å². The summed E-state index contributed by atoms with van der Waals surface area (Å²) in [6, 6.07) is 14.2. The highest BCUT2D eigenvalue weighted by Crippen LogP contribution is 2.21. The van der Waals surface area contributed by atoms with Crippen LogP contribution in [0.1, 0.15) is 11.4 Å². The highest BCUT2D eigenvalue weighted by atomic mass is 79.9. The smallest absolute Gasteiger partial charge is 0.122 e. The number of aryl methyl sites for hydroxylation is 2. The van der Waals surface area contributed by atoms with E-state index in [0.29, 0.717) is 0 Å². The Balaban J connectivity index is 1.79. The molecule has 0 atom stereocenters. The maximum absolute atomic E-state index is 5.37. The highest BCUT2D eigenvalue weighted by Gasteiger charge is 2.06. The summed E-state index contributed by atoms with van der Waals surface area (Å²) in [5, 5.41) is 0. The molecule has 0 saturated heterocycles. The van der Waals surface area contributed by atoms with Crippen LogP contribution in [-0.4, -0.2) is 17.1 Å². The summed E-state index contributed by atoms with van der Waals surface area (Å²) in [4.78, 5) is 7.97. The number of imidazole rings is 1. The number of rotatable bonds is 4. The lowest BCUT2D eigenvalue weighted by molar-refractivity contribution is 0.409. The fourth-order valence-electron chi connectivity index (χ4n) is 2.32. The second-order valence-electron chi connectivity index (χ2n) is 4.66. The van der Waals surface area contributed by atoms with Gasteiger partial charge >= 0.3 is 0 Å². The second-order valence-corrected chi connectivity index (χ2v) is 5.57. The van der Waals surface area contributed by atoms with Gasteiger partial charge in [-0.2, -0.15) is 0 Å². The van der Waals surface area contributed by atoms with E-state index in [0.717, 1.165) is 39.9 Å². The molecular weight excluding hydrogens is 316 g/mol. The van der Waals surface area contributed by atoms with Gasteiger partial charge < -0.3 is 9.72 Å². The number of hydrogen-bond donors (Lipinski definition) is 1. The Morgan fingerprint density at radius 3 is 2.85 bits per heavy atom. The van der Waals surface area contributed by atoms with Gasteiger partial charge in [0.25, 0.3) is 0 Å². The van der Waals surface area contributed by atoms with E-state index in [-0.39, 0.29) is 0 Å². The topological polar surface area (TPSA) is 37.9 Å². The molecule has 2 aromatic carbocycles. The predicted octanol–water partition coefficient (Wildman–Crippen LogP) is 4.12. The number of methoxy groups -OCH3 is 1. The summed E-state index contributed by atoms with van der Waals surface area (Å²) < 4.78 is 6.43. The molecule has 0 saturated carbocycles. The average molecular weight is 331 g/mol. The Labute approximate surface area is 126 Å². The number of para-hydroxylation sites is 1. The van der Waals surface area contributed by atoms with Gasteiger partial charge in [-0.05, 0) is 36.2 Å². The van der Waals surface area contributed by atoms with E-state index in [1.165, 1.54) is 5.56 Å². The molecular formula is C16H15BrN2O. The fraction of sp³-hybridized carbons (Fsp3) is 0.188. The third-order valence-electron chi connectivity index (χ3n) is 3.32. The van der Waals surface area contributed by atoms with Gasteiger partial charge in [-0.25, -0.2) is 4.98 Å². The summed E-state index contributed by atoms with van der Waals surface area (Å²) in [5.41, 5.74) is 3.27. The number of aromatic nitrogens is 2. The Bertz CT molecular complexity index is 736. The zero-order valence-electron chi connectivity index (χ0n) is 11.2. The van der Waals surface area contributed by atoms with Gasteiger partial charge in [-0.1, -0.05) is 34.1 Å². The van der Waals surface area contributed by atoms with Crippen LogP contribution in [0.3, 0.4) is 0 Å². The van der Waals surface area contributed by atoms with E-state index < -0.39 is 0 Å². The largest absolute Gasteiger partial charge is 0.496 e. The molecule has 0 radical (unpaired) electrons. The lowest BCUT2D eigenvalue weighted by atomic mass is 10.1. The number of halogens is 1. The van der Waals surface area contributed by atoms with Gasteiger partial charge in [0.05, 0.1) is 18.1 Å². The summed E-state index contributed by atoms with van der Waals surface area (Å²) >= 11 is 3.47. The van der Waals surface area contributed by atoms with Crippen molar-refractivity contribution in [3.63, 3.8) is 0 Å². The van der Waals surface area contributed by atoms with Crippen molar-refractivity contribution in [1.82, 2.24) is 9.97 Å². The summed E-state index contributed by atoms with van der Waals surface area (Å²) in [6.07, 6.45) is 1.78. The first-order chi connectivity index (χ1) is 9.76. The van der Waals surface area contributed by atoms with E-state index >= 15 is 0 Å². The molecule has 0 fully saturated rings. The van der Waals surface area contributed by atoms with E-state index in [2.05, 4.69) is 38.0 Å². The van der Waals surface area contributed by atoms with Crippen LogP contribution in [0.2, 0.25) is 0 Å². The van der Waals surface area contributed by atoms with Crippen LogP contribution in [0.15, 0.2) is 46.9 Å². The lowest BCUT2D eigenvalue weighted by Gasteiger charge is -2.06.